The van der Waals surface area contributed by atoms with Crippen LogP contribution in [0.15, 0.2) is 54.6 Å². The highest BCUT2D eigenvalue weighted by Crippen LogP contribution is 2.30. The molecule has 2 aromatic rings. The third-order valence-corrected chi connectivity index (χ3v) is 5.72. The molecule has 2 aromatic carbocycles. The molecule has 1 atom stereocenters. The van der Waals surface area contributed by atoms with Gasteiger partial charge in [-0.1, -0.05) is 54.6 Å². The van der Waals surface area contributed by atoms with Gasteiger partial charge in [-0.2, -0.15) is 0 Å². The van der Waals surface area contributed by atoms with Gasteiger partial charge in [-0.05, 0) is 23.1 Å². The number of rotatable bonds is 10. The van der Waals surface area contributed by atoms with Crippen molar-refractivity contribution in [2.45, 2.75) is 50.7 Å². The molecule has 0 aliphatic heterocycles. The van der Waals surface area contributed by atoms with Gasteiger partial charge in [-0.15, -0.1) is 0 Å². The fraction of sp³-hybridized carbons (Fsp3) is 0.320. The Hall–Kier alpha value is -3.81. The van der Waals surface area contributed by atoms with E-state index < -0.39 is 29.2 Å². The van der Waals surface area contributed by atoms with Crippen molar-refractivity contribution in [2.24, 2.45) is 0 Å². The zero-order valence-corrected chi connectivity index (χ0v) is 18.5. The highest BCUT2D eigenvalue weighted by molar-refractivity contribution is 6.26. The number of benzene rings is 2. The predicted molar refractivity (Wildman–Crippen MR) is 124 cm³/mol. The van der Waals surface area contributed by atoms with Crippen LogP contribution >= 0.6 is 0 Å². The lowest BCUT2D eigenvalue weighted by molar-refractivity contribution is -0.135. The molecular weight excluding hydrogens is 420 g/mol. The largest absolute Gasteiger partial charge is 0.350 e. The summed E-state index contributed by atoms with van der Waals surface area (Å²) >= 11 is 0. The van der Waals surface area contributed by atoms with Crippen LogP contribution in [0.2, 0.25) is 0 Å². The van der Waals surface area contributed by atoms with Gasteiger partial charge in [0.25, 0.3) is 0 Å². The van der Waals surface area contributed by atoms with E-state index in [-0.39, 0.29) is 25.3 Å². The summed E-state index contributed by atoms with van der Waals surface area (Å²) in [5.41, 5.74) is 1.61. The van der Waals surface area contributed by atoms with Crippen LogP contribution in [0.25, 0.3) is 0 Å². The van der Waals surface area contributed by atoms with Gasteiger partial charge in [-0.25, -0.2) is 0 Å². The van der Waals surface area contributed by atoms with E-state index >= 15 is 0 Å². The molecular formula is C25H28N4O4. The van der Waals surface area contributed by atoms with Crippen molar-refractivity contribution in [3.05, 3.63) is 71.3 Å². The molecule has 0 heterocycles. The van der Waals surface area contributed by atoms with E-state index in [9.17, 15) is 19.2 Å². The van der Waals surface area contributed by atoms with Crippen LogP contribution < -0.4 is 16.0 Å². The molecule has 33 heavy (non-hydrogen) atoms. The second kappa shape index (κ2) is 10.7. The third kappa shape index (κ3) is 6.12. The smallest absolute Gasteiger partial charge is 0.247 e. The number of fused-ring (bicyclic) bond motifs is 1. The van der Waals surface area contributed by atoms with E-state index in [2.05, 4.69) is 16.0 Å². The summed E-state index contributed by atoms with van der Waals surface area (Å²) in [4.78, 5) is 50.0. The van der Waals surface area contributed by atoms with Crippen molar-refractivity contribution in [2.75, 3.05) is 0 Å². The summed E-state index contributed by atoms with van der Waals surface area (Å²) in [6.45, 7) is 1.62. The van der Waals surface area contributed by atoms with Gasteiger partial charge in [0.2, 0.25) is 17.7 Å². The maximum atomic E-state index is 13.4. The summed E-state index contributed by atoms with van der Waals surface area (Å²) in [5, 5.41) is 15.5. The number of ketones is 1. The van der Waals surface area contributed by atoms with E-state index in [0.29, 0.717) is 19.1 Å². The predicted octanol–water partition coefficient (Wildman–Crippen LogP) is 1.46. The van der Waals surface area contributed by atoms with Gasteiger partial charge in [0, 0.05) is 32.7 Å². The molecule has 1 aliphatic rings. The van der Waals surface area contributed by atoms with Gasteiger partial charge in [-0.3, -0.25) is 19.2 Å². The number of hydrogen-bond acceptors (Lipinski definition) is 5. The van der Waals surface area contributed by atoms with E-state index in [1.54, 1.807) is 0 Å². The van der Waals surface area contributed by atoms with Crippen LogP contribution in [-0.2, 0) is 38.6 Å². The zero-order valence-electron chi connectivity index (χ0n) is 18.5. The van der Waals surface area contributed by atoms with Crippen molar-refractivity contribution in [1.82, 2.24) is 16.0 Å². The first-order valence-corrected chi connectivity index (χ1v) is 10.8. The van der Waals surface area contributed by atoms with Gasteiger partial charge >= 0.3 is 0 Å². The molecule has 8 nitrogen and oxygen atoms in total. The number of carbonyl (C=O) groups is 4. The average Bonchev–Trinajstić information content (AvgIpc) is 3.19. The molecule has 1 aliphatic carbocycles. The van der Waals surface area contributed by atoms with Gasteiger partial charge in [0.15, 0.2) is 5.78 Å². The molecule has 4 N–H and O–H groups in total. The van der Waals surface area contributed by atoms with Crippen LogP contribution in [0.3, 0.4) is 0 Å². The van der Waals surface area contributed by atoms with Crippen molar-refractivity contribution < 1.29 is 19.2 Å². The fourth-order valence-corrected chi connectivity index (χ4v) is 4.09. The lowest BCUT2D eigenvalue weighted by atomic mass is 9.93. The molecule has 3 amide bonds. The molecule has 0 bridgehead atoms. The SMILES string of the molecule is CC(=O)NC1(C(=O)N[C@@H](CCC(=O)C=N)C(=O)NCc2ccccc2)Cc2ccccc2C1. The molecule has 0 radical (unpaired) electrons. The van der Waals surface area contributed by atoms with E-state index in [1.165, 1.54) is 6.92 Å². The summed E-state index contributed by atoms with van der Waals surface area (Å²) in [6.07, 6.45) is 1.32. The molecule has 0 saturated carbocycles. The first-order valence-electron chi connectivity index (χ1n) is 10.8. The third-order valence-electron chi connectivity index (χ3n) is 5.72. The van der Waals surface area contributed by atoms with Gasteiger partial charge in [0.05, 0.1) is 6.21 Å². The Balaban J connectivity index is 1.76. The Kier molecular flexibility index (Phi) is 7.71. The van der Waals surface area contributed by atoms with Crippen LogP contribution in [0, 0.1) is 5.41 Å². The van der Waals surface area contributed by atoms with Gasteiger partial charge < -0.3 is 21.4 Å². The zero-order chi connectivity index (χ0) is 23.8. The molecule has 0 fully saturated rings. The number of amides is 3. The quantitative estimate of drug-likeness (QED) is 0.410. The molecule has 0 unspecified atom stereocenters. The molecule has 0 spiro atoms. The normalized spacial score (nSPS) is 14.5. The highest BCUT2D eigenvalue weighted by atomic mass is 16.2. The van der Waals surface area contributed by atoms with Crippen LogP contribution in [-0.4, -0.2) is 41.3 Å². The Morgan fingerprint density at radius 1 is 1.00 bits per heavy atom. The number of Topliss-reactive ketones (excluding diaryl/α,β-unsaturated/α-hetero) is 1. The summed E-state index contributed by atoms with van der Waals surface area (Å²) in [7, 11) is 0. The fourth-order valence-electron chi connectivity index (χ4n) is 4.09. The molecule has 0 saturated heterocycles. The Labute approximate surface area is 192 Å². The summed E-state index contributed by atoms with van der Waals surface area (Å²) in [5.74, 6) is -1.69. The van der Waals surface area contributed by atoms with Crippen LogP contribution in [0.1, 0.15) is 36.5 Å². The van der Waals surface area contributed by atoms with Crippen LogP contribution in [0.4, 0.5) is 0 Å². The van der Waals surface area contributed by atoms with Gasteiger partial charge in [0.1, 0.15) is 11.6 Å². The van der Waals surface area contributed by atoms with Crippen molar-refractivity contribution in [1.29, 1.82) is 5.41 Å². The number of carbonyl (C=O) groups excluding carboxylic acids is 4. The maximum absolute atomic E-state index is 13.4. The lowest BCUT2D eigenvalue weighted by Crippen LogP contribution is -2.62. The monoisotopic (exact) mass is 448 g/mol. The van der Waals surface area contributed by atoms with E-state index in [1.807, 2.05) is 54.6 Å². The van der Waals surface area contributed by atoms with Crippen molar-refractivity contribution in [3.8, 4) is 0 Å². The van der Waals surface area contributed by atoms with Crippen molar-refractivity contribution in [3.63, 3.8) is 0 Å². The Morgan fingerprint density at radius 2 is 1.61 bits per heavy atom. The number of nitrogens with one attached hydrogen (secondary N) is 4. The lowest BCUT2D eigenvalue weighted by Gasteiger charge is -2.30. The minimum Gasteiger partial charge on any atom is -0.350 e. The van der Waals surface area contributed by atoms with Crippen LogP contribution in [0.5, 0.6) is 0 Å². The second-order valence-electron chi connectivity index (χ2n) is 8.26. The van der Waals surface area contributed by atoms with E-state index in [0.717, 1.165) is 16.7 Å². The summed E-state index contributed by atoms with van der Waals surface area (Å²) < 4.78 is 0. The van der Waals surface area contributed by atoms with Crippen molar-refractivity contribution >= 4 is 29.7 Å². The maximum Gasteiger partial charge on any atom is 0.247 e. The second-order valence-corrected chi connectivity index (χ2v) is 8.26. The first-order chi connectivity index (χ1) is 15.8. The topological polar surface area (TPSA) is 128 Å². The minimum absolute atomic E-state index is 0.0453. The molecule has 8 heteroatoms. The Bertz CT molecular complexity index is 1030. The Morgan fingerprint density at radius 3 is 2.18 bits per heavy atom. The number of hydrogen-bond donors (Lipinski definition) is 4. The highest BCUT2D eigenvalue weighted by Gasteiger charge is 2.45. The molecule has 0 aromatic heterocycles. The molecule has 172 valence electrons. The first kappa shape index (κ1) is 23.8. The minimum atomic E-state index is -1.21. The average molecular weight is 449 g/mol. The van der Waals surface area contributed by atoms with E-state index in [4.69, 9.17) is 5.41 Å². The standard InChI is InChI=1S/C25H28N4O4/c1-17(30)29-25(13-19-9-5-6-10-20(19)14-25)24(33)28-22(12-11-21(31)15-26)23(32)27-16-18-7-3-2-4-8-18/h2-10,15,22,26H,11-14,16H2,1H3,(H,27,32)(H,28,33)(H,29,30)/t22-/m0/s1. The molecule has 3 rings (SSSR count). The summed E-state index contributed by atoms with van der Waals surface area (Å²) in [6, 6.07) is 15.9.